The Kier molecular flexibility index (Phi) is 5.93. The summed E-state index contributed by atoms with van der Waals surface area (Å²) in [5, 5.41) is 0. The SMILES string of the molecule is CCOc1ccc(C2=NC(c3ccc(OC(F)(F)F)cc3)NO2)cc1OCC. The van der Waals surface area contributed by atoms with Gasteiger partial charge < -0.3 is 19.0 Å². The Morgan fingerprint density at radius 1 is 1.00 bits per heavy atom. The summed E-state index contributed by atoms with van der Waals surface area (Å²) in [6.07, 6.45) is -5.29. The van der Waals surface area contributed by atoms with Crippen LogP contribution in [0.3, 0.4) is 0 Å². The molecule has 0 aliphatic carbocycles. The van der Waals surface area contributed by atoms with Gasteiger partial charge in [0.2, 0.25) is 5.90 Å². The molecule has 28 heavy (non-hydrogen) atoms. The van der Waals surface area contributed by atoms with Crippen LogP contribution < -0.4 is 19.7 Å². The number of nitrogens with zero attached hydrogens (tertiary/aromatic N) is 1. The molecular weight excluding hydrogens is 377 g/mol. The Labute approximate surface area is 159 Å². The van der Waals surface area contributed by atoms with Crippen molar-refractivity contribution >= 4 is 5.90 Å². The van der Waals surface area contributed by atoms with Crippen LogP contribution in [0.5, 0.6) is 17.2 Å². The number of ether oxygens (including phenoxy) is 3. The number of hydroxylamine groups is 1. The van der Waals surface area contributed by atoms with E-state index in [1.807, 2.05) is 13.8 Å². The second-order valence-corrected chi connectivity index (χ2v) is 5.70. The molecular formula is C19H19F3N2O4. The van der Waals surface area contributed by atoms with E-state index in [-0.39, 0.29) is 5.75 Å². The summed E-state index contributed by atoms with van der Waals surface area (Å²) in [6, 6.07) is 10.7. The second kappa shape index (κ2) is 8.39. The zero-order valence-corrected chi connectivity index (χ0v) is 15.2. The molecule has 0 saturated heterocycles. The van der Waals surface area contributed by atoms with Crippen LogP contribution in [-0.2, 0) is 4.84 Å². The van der Waals surface area contributed by atoms with E-state index in [9.17, 15) is 13.2 Å². The predicted molar refractivity (Wildman–Crippen MR) is 95.4 cm³/mol. The number of alkyl halides is 3. The average molecular weight is 396 g/mol. The van der Waals surface area contributed by atoms with Crippen LogP contribution in [0.15, 0.2) is 47.5 Å². The number of hydrogen-bond donors (Lipinski definition) is 1. The molecule has 0 spiro atoms. The highest BCUT2D eigenvalue weighted by molar-refractivity contribution is 5.95. The molecule has 0 bridgehead atoms. The minimum Gasteiger partial charge on any atom is -0.490 e. The monoisotopic (exact) mass is 396 g/mol. The van der Waals surface area contributed by atoms with Crippen LogP contribution in [0, 0.1) is 0 Å². The fourth-order valence-electron chi connectivity index (χ4n) is 2.59. The Morgan fingerprint density at radius 2 is 1.68 bits per heavy atom. The molecule has 1 N–H and O–H groups in total. The second-order valence-electron chi connectivity index (χ2n) is 5.70. The molecule has 1 unspecified atom stereocenters. The van der Waals surface area contributed by atoms with Crippen molar-refractivity contribution in [3.05, 3.63) is 53.6 Å². The Balaban J connectivity index is 1.77. The highest BCUT2D eigenvalue weighted by Gasteiger charge is 2.31. The van der Waals surface area contributed by atoms with Gasteiger partial charge in [0, 0.05) is 5.56 Å². The lowest BCUT2D eigenvalue weighted by Gasteiger charge is -2.12. The van der Waals surface area contributed by atoms with Crippen LogP contribution in [0.25, 0.3) is 0 Å². The molecule has 1 aliphatic rings. The van der Waals surface area contributed by atoms with Crippen molar-refractivity contribution in [2.75, 3.05) is 13.2 Å². The predicted octanol–water partition coefficient (Wildman–Crippen LogP) is 4.36. The van der Waals surface area contributed by atoms with Crippen molar-refractivity contribution in [2.45, 2.75) is 26.4 Å². The molecule has 6 nitrogen and oxygen atoms in total. The van der Waals surface area contributed by atoms with Gasteiger partial charge in [-0.1, -0.05) is 12.1 Å². The maximum Gasteiger partial charge on any atom is 0.573 e. The van der Waals surface area contributed by atoms with E-state index < -0.39 is 12.5 Å². The van der Waals surface area contributed by atoms with Crippen LogP contribution in [0.2, 0.25) is 0 Å². The number of aliphatic imine (C=N–C) groups is 1. The topological polar surface area (TPSA) is 61.3 Å². The molecule has 0 fully saturated rings. The number of benzene rings is 2. The number of rotatable bonds is 7. The van der Waals surface area contributed by atoms with E-state index in [2.05, 4.69) is 15.2 Å². The van der Waals surface area contributed by atoms with Gasteiger partial charge in [-0.05, 0) is 49.7 Å². The van der Waals surface area contributed by atoms with E-state index in [0.29, 0.717) is 41.7 Å². The maximum atomic E-state index is 12.3. The van der Waals surface area contributed by atoms with E-state index in [1.54, 1.807) is 18.2 Å². The molecule has 0 radical (unpaired) electrons. The number of nitrogens with one attached hydrogen (secondary N) is 1. The molecule has 2 aromatic rings. The van der Waals surface area contributed by atoms with Gasteiger partial charge in [-0.15, -0.1) is 18.7 Å². The van der Waals surface area contributed by atoms with Gasteiger partial charge in [0.1, 0.15) is 5.75 Å². The van der Waals surface area contributed by atoms with Gasteiger partial charge >= 0.3 is 6.36 Å². The molecule has 9 heteroatoms. The Morgan fingerprint density at radius 3 is 2.32 bits per heavy atom. The fourth-order valence-corrected chi connectivity index (χ4v) is 2.59. The van der Waals surface area contributed by atoms with Gasteiger partial charge in [0.05, 0.1) is 13.2 Å². The first kappa shape index (κ1) is 19.8. The van der Waals surface area contributed by atoms with Crippen molar-refractivity contribution in [1.82, 2.24) is 5.48 Å². The summed E-state index contributed by atoms with van der Waals surface area (Å²) in [5.41, 5.74) is 4.05. The van der Waals surface area contributed by atoms with Crippen molar-refractivity contribution in [1.29, 1.82) is 0 Å². The largest absolute Gasteiger partial charge is 0.573 e. The summed E-state index contributed by atoms with van der Waals surface area (Å²) < 4.78 is 51.7. The number of halogens is 3. The molecule has 1 aliphatic heterocycles. The van der Waals surface area contributed by atoms with E-state index >= 15 is 0 Å². The fraction of sp³-hybridized carbons (Fsp3) is 0.316. The lowest BCUT2D eigenvalue weighted by atomic mass is 10.1. The maximum absolute atomic E-state index is 12.3. The minimum absolute atomic E-state index is 0.299. The van der Waals surface area contributed by atoms with E-state index in [0.717, 1.165) is 0 Å². The zero-order valence-electron chi connectivity index (χ0n) is 15.2. The van der Waals surface area contributed by atoms with Crippen LogP contribution >= 0.6 is 0 Å². The zero-order chi connectivity index (χ0) is 20.1. The van der Waals surface area contributed by atoms with Crippen molar-refractivity contribution in [3.8, 4) is 17.2 Å². The van der Waals surface area contributed by atoms with Gasteiger partial charge in [0.15, 0.2) is 17.7 Å². The molecule has 150 valence electrons. The highest BCUT2D eigenvalue weighted by atomic mass is 19.4. The normalized spacial score (nSPS) is 16.3. The summed E-state index contributed by atoms with van der Waals surface area (Å²) >= 11 is 0. The lowest BCUT2D eigenvalue weighted by molar-refractivity contribution is -0.274. The summed E-state index contributed by atoms with van der Waals surface area (Å²) in [7, 11) is 0. The van der Waals surface area contributed by atoms with E-state index in [1.165, 1.54) is 24.3 Å². The number of hydrogen-bond acceptors (Lipinski definition) is 6. The molecule has 0 aromatic heterocycles. The average Bonchev–Trinajstić information content (AvgIpc) is 3.13. The quantitative estimate of drug-likeness (QED) is 0.754. The third kappa shape index (κ3) is 4.86. The van der Waals surface area contributed by atoms with Gasteiger partial charge in [-0.3, -0.25) is 0 Å². The van der Waals surface area contributed by atoms with Crippen LogP contribution in [0.4, 0.5) is 13.2 Å². The molecule has 1 heterocycles. The first-order chi connectivity index (χ1) is 13.4. The van der Waals surface area contributed by atoms with Crippen LogP contribution in [-0.4, -0.2) is 25.5 Å². The standard InChI is InChI=1S/C19H19F3N2O4/c1-3-25-15-10-7-13(11-16(15)26-4-2)18-23-17(24-28-18)12-5-8-14(9-6-12)27-19(20,21)22/h5-11,17,24H,3-4H2,1-2H3. The Bertz CT molecular complexity index is 838. The van der Waals surface area contributed by atoms with Crippen molar-refractivity contribution in [3.63, 3.8) is 0 Å². The van der Waals surface area contributed by atoms with Gasteiger partial charge in [-0.2, -0.15) is 0 Å². The molecule has 0 saturated carbocycles. The first-order valence-corrected chi connectivity index (χ1v) is 8.65. The minimum atomic E-state index is -4.73. The summed E-state index contributed by atoms with van der Waals surface area (Å²) in [5.74, 6) is 1.23. The first-order valence-electron chi connectivity index (χ1n) is 8.65. The van der Waals surface area contributed by atoms with Crippen molar-refractivity contribution < 1.29 is 32.2 Å². The van der Waals surface area contributed by atoms with Gasteiger partial charge in [-0.25, -0.2) is 4.99 Å². The molecule has 0 amide bonds. The molecule has 3 rings (SSSR count). The van der Waals surface area contributed by atoms with Gasteiger partial charge in [0.25, 0.3) is 0 Å². The Hall–Kier alpha value is -2.94. The third-order valence-corrected chi connectivity index (χ3v) is 3.73. The highest BCUT2D eigenvalue weighted by Crippen LogP contribution is 2.31. The molecule has 1 atom stereocenters. The molecule has 2 aromatic carbocycles. The smallest absolute Gasteiger partial charge is 0.490 e. The van der Waals surface area contributed by atoms with Crippen LogP contribution in [0.1, 0.15) is 31.1 Å². The summed E-state index contributed by atoms with van der Waals surface area (Å²) in [6.45, 7) is 4.74. The van der Waals surface area contributed by atoms with Crippen molar-refractivity contribution in [2.24, 2.45) is 4.99 Å². The third-order valence-electron chi connectivity index (χ3n) is 3.73. The summed E-state index contributed by atoms with van der Waals surface area (Å²) in [4.78, 5) is 9.88. The lowest BCUT2D eigenvalue weighted by Crippen LogP contribution is -2.17. The van der Waals surface area contributed by atoms with E-state index in [4.69, 9.17) is 14.3 Å².